The van der Waals surface area contributed by atoms with Gasteiger partial charge in [-0.3, -0.25) is 19.7 Å². The molecule has 6 nitrogen and oxygen atoms in total. The van der Waals surface area contributed by atoms with Gasteiger partial charge in [-0.15, -0.1) is 11.8 Å². The summed E-state index contributed by atoms with van der Waals surface area (Å²) in [7, 11) is 0. The number of carbonyl (C=O) groups excluding carboxylic acids is 2. The molecule has 2 saturated heterocycles. The van der Waals surface area contributed by atoms with Crippen LogP contribution in [0.2, 0.25) is 0 Å². The molecule has 0 aromatic carbocycles. The molecule has 2 rings (SSSR count). The van der Waals surface area contributed by atoms with Crippen LogP contribution in [-0.4, -0.2) is 42.1 Å². The van der Waals surface area contributed by atoms with Gasteiger partial charge in [0.05, 0.1) is 6.04 Å². The molecule has 0 bridgehead atoms. The van der Waals surface area contributed by atoms with E-state index < -0.39 is 6.04 Å². The summed E-state index contributed by atoms with van der Waals surface area (Å²) in [5.41, 5.74) is 2.19. The molecule has 0 aromatic heterocycles. The van der Waals surface area contributed by atoms with Gasteiger partial charge in [-0.1, -0.05) is 0 Å². The van der Waals surface area contributed by atoms with Crippen molar-refractivity contribution in [3.05, 3.63) is 0 Å². The Hall–Kier alpha value is -0.790. The first-order chi connectivity index (χ1) is 6.77. The van der Waals surface area contributed by atoms with Gasteiger partial charge in [0.1, 0.15) is 12.6 Å². The zero-order valence-corrected chi connectivity index (χ0v) is 8.23. The highest BCUT2D eigenvalue weighted by Gasteiger charge is 2.30. The van der Waals surface area contributed by atoms with E-state index in [2.05, 4.69) is 16.1 Å². The molecule has 78 valence electrons. The van der Waals surface area contributed by atoms with Gasteiger partial charge in [-0.2, -0.15) is 0 Å². The molecular formula is C7H11N3O3S. The normalized spacial score (nSPS) is 31.6. The van der Waals surface area contributed by atoms with Crippen molar-refractivity contribution in [1.29, 1.82) is 0 Å². The average molecular weight is 217 g/mol. The van der Waals surface area contributed by atoms with Gasteiger partial charge in [-0.25, -0.2) is 5.48 Å². The Kier molecular flexibility index (Phi) is 2.90. The number of nitrogens with one attached hydrogen (secondary N) is 3. The molecule has 2 aliphatic heterocycles. The molecule has 2 fully saturated rings. The number of hydroxylamine groups is 1. The van der Waals surface area contributed by atoms with Crippen molar-refractivity contribution in [2.45, 2.75) is 12.1 Å². The maximum atomic E-state index is 11.5. The van der Waals surface area contributed by atoms with E-state index in [1.54, 1.807) is 11.8 Å². The molecule has 0 aliphatic carbocycles. The average Bonchev–Trinajstić information content (AvgIpc) is 2.77. The fourth-order valence-corrected chi connectivity index (χ4v) is 2.23. The minimum atomic E-state index is -0.546. The zero-order valence-electron chi connectivity index (χ0n) is 7.41. The summed E-state index contributed by atoms with van der Waals surface area (Å²) in [6, 6.07) is -0.733. The van der Waals surface area contributed by atoms with Crippen LogP contribution in [0.1, 0.15) is 0 Å². The molecule has 2 aliphatic rings. The van der Waals surface area contributed by atoms with Crippen LogP contribution >= 0.6 is 11.8 Å². The van der Waals surface area contributed by atoms with Crippen molar-refractivity contribution < 1.29 is 14.4 Å². The number of amides is 2. The number of thioether (sulfide) groups is 1. The molecular weight excluding hydrogens is 206 g/mol. The standard InChI is InChI=1S/C7H11N3O3S/c11-6(5-2-14-3-8-5)9-4-1-13-10-7(4)12/h4-5,8H,1-3H2,(H,9,11)(H,10,12)/t4-,5?/m1/s1. The summed E-state index contributed by atoms with van der Waals surface area (Å²) in [6.45, 7) is 0.199. The Labute approximate surface area is 85.1 Å². The van der Waals surface area contributed by atoms with Crippen LogP contribution < -0.4 is 16.1 Å². The minimum Gasteiger partial charge on any atom is -0.341 e. The summed E-state index contributed by atoms with van der Waals surface area (Å²) in [5.74, 6) is 1.11. The predicted octanol–water partition coefficient (Wildman–Crippen LogP) is -1.80. The monoisotopic (exact) mass is 217 g/mol. The van der Waals surface area contributed by atoms with Crippen LogP contribution in [-0.2, 0) is 14.4 Å². The van der Waals surface area contributed by atoms with E-state index in [4.69, 9.17) is 4.84 Å². The number of hydrogen-bond donors (Lipinski definition) is 3. The van der Waals surface area contributed by atoms with Gasteiger partial charge in [0.2, 0.25) is 5.91 Å². The molecule has 14 heavy (non-hydrogen) atoms. The van der Waals surface area contributed by atoms with Gasteiger partial charge in [0.15, 0.2) is 0 Å². The summed E-state index contributed by atoms with van der Waals surface area (Å²) >= 11 is 1.67. The second kappa shape index (κ2) is 4.16. The largest absolute Gasteiger partial charge is 0.341 e. The predicted molar refractivity (Wildman–Crippen MR) is 50.3 cm³/mol. The number of rotatable bonds is 2. The van der Waals surface area contributed by atoms with Crippen LogP contribution in [0.3, 0.4) is 0 Å². The fraction of sp³-hybridized carbons (Fsp3) is 0.714. The van der Waals surface area contributed by atoms with E-state index in [0.717, 1.165) is 11.6 Å². The highest BCUT2D eigenvalue weighted by molar-refractivity contribution is 7.99. The summed E-state index contributed by atoms with van der Waals surface area (Å²) in [4.78, 5) is 27.3. The first-order valence-electron chi connectivity index (χ1n) is 4.30. The Morgan fingerprint density at radius 1 is 1.64 bits per heavy atom. The molecule has 7 heteroatoms. The van der Waals surface area contributed by atoms with E-state index in [0.29, 0.717) is 0 Å². The smallest absolute Gasteiger partial charge is 0.268 e. The summed E-state index contributed by atoms with van der Waals surface area (Å²) in [5, 5.41) is 5.64. The topological polar surface area (TPSA) is 79.5 Å². The van der Waals surface area contributed by atoms with Crippen molar-refractivity contribution >= 4 is 23.6 Å². The Morgan fingerprint density at radius 3 is 3.07 bits per heavy atom. The lowest BCUT2D eigenvalue weighted by molar-refractivity contribution is -0.129. The van der Waals surface area contributed by atoms with Crippen molar-refractivity contribution in [2.24, 2.45) is 0 Å². The highest BCUT2D eigenvalue weighted by atomic mass is 32.2. The van der Waals surface area contributed by atoms with E-state index >= 15 is 0 Å². The van der Waals surface area contributed by atoms with Crippen molar-refractivity contribution in [2.75, 3.05) is 18.2 Å². The van der Waals surface area contributed by atoms with Crippen LogP contribution in [0.15, 0.2) is 0 Å². The lowest BCUT2D eigenvalue weighted by atomic mass is 10.2. The lowest BCUT2D eigenvalue weighted by Gasteiger charge is -2.12. The summed E-state index contributed by atoms with van der Waals surface area (Å²) in [6.07, 6.45) is 0. The number of carbonyl (C=O) groups is 2. The van der Waals surface area contributed by atoms with Crippen LogP contribution in [0.4, 0.5) is 0 Å². The quantitative estimate of drug-likeness (QED) is 0.508. The van der Waals surface area contributed by atoms with E-state index in [-0.39, 0.29) is 24.5 Å². The van der Waals surface area contributed by atoms with Gasteiger partial charge in [-0.05, 0) is 0 Å². The first kappa shape index (κ1) is 9.75. The molecule has 0 saturated carbocycles. The Bertz CT molecular complexity index is 255. The van der Waals surface area contributed by atoms with Gasteiger partial charge >= 0.3 is 0 Å². The first-order valence-corrected chi connectivity index (χ1v) is 5.46. The van der Waals surface area contributed by atoms with Crippen molar-refractivity contribution in [3.63, 3.8) is 0 Å². The maximum Gasteiger partial charge on any atom is 0.268 e. The molecule has 2 amide bonds. The SMILES string of the molecule is O=C(N[C@@H]1CONC1=O)C1CSCN1. The highest BCUT2D eigenvalue weighted by Crippen LogP contribution is 2.09. The second-order valence-electron chi connectivity index (χ2n) is 3.11. The van der Waals surface area contributed by atoms with E-state index in [9.17, 15) is 9.59 Å². The van der Waals surface area contributed by atoms with E-state index in [1.165, 1.54) is 0 Å². The van der Waals surface area contributed by atoms with Gasteiger partial charge < -0.3 is 5.32 Å². The van der Waals surface area contributed by atoms with Gasteiger partial charge in [0.25, 0.3) is 5.91 Å². The van der Waals surface area contributed by atoms with Crippen LogP contribution in [0.5, 0.6) is 0 Å². The molecule has 3 N–H and O–H groups in total. The van der Waals surface area contributed by atoms with Crippen molar-refractivity contribution in [3.8, 4) is 0 Å². The molecule has 0 radical (unpaired) electrons. The lowest BCUT2D eigenvalue weighted by Crippen LogP contribution is -2.49. The molecule has 1 unspecified atom stereocenters. The third kappa shape index (κ3) is 1.99. The van der Waals surface area contributed by atoms with E-state index in [1.807, 2.05) is 0 Å². The Morgan fingerprint density at radius 2 is 2.50 bits per heavy atom. The van der Waals surface area contributed by atoms with Crippen molar-refractivity contribution in [1.82, 2.24) is 16.1 Å². The Balaban J connectivity index is 1.84. The third-order valence-electron chi connectivity index (χ3n) is 2.09. The maximum absolute atomic E-state index is 11.5. The minimum absolute atomic E-state index is 0.138. The van der Waals surface area contributed by atoms with Gasteiger partial charge in [0, 0.05) is 11.6 Å². The van der Waals surface area contributed by atoms with Crippen LogP contribution in [0, 0.1) is 0 Å². The zero-order chi connectivity index (χ0) is 9.97. The molecule has 0 aromatic rings. The molecule has 2 atom stereocenters. The third-order valence-corrected chi connectivity index (χ3v) is 3.03. The number of hydrogen-bond acceptors (Lipinski definition) is 5. The molecule has 2 heterocycles. The second-order valence-corrected chi connectivity index (χ2v) is 4.14. The summed E-state index contributed by atoms with van der Waals surface area (Å²) < 4.78 is 0. The van der Waals surface area contributed by atoms with Crippen LogP contribution in [0.25, 0.3) is 0 Å². The fourth-order valence-electron chi connectivity index (χ4n) is 1.29. The molecule has 0 spiro atoms.